The van der Waals surface area contributed by atoms with Gasteiger partial charge in [0.2, 0.25) is 0 Å². The Hall–Kier alpha value is -3.35. The standard InChI is InChI=1S/C24H31N3O4/c1-5-6-15-31-20-13-9-18(10-14-20)23(30)27-26-21(28)16-25-22(29)17-7-11-19(12-8-17)24(2,3)4/h7-14H,5-6,15-16H2,1-4H3,(H,25,29)(H,26,28)(H,27,30). The normalized spacial score (nSPS) is 10.8. The minimum atomic E-state index is -0.535. The molecule has 0 bridgehead atoms. The van der Waals surface area contributed by atoms with Crippen LogP contribution in [0.3, 0.4) is 0 Å². The maximum atomic E-state index is 12.2. The molecule has 166 valence electrons. The van der Waals surface area contributed by atoms with Gasteiger partial charge in [-0.1, -0.05) is 46.2 Å². The van der Waals surface area contributed by atoms with E-state index in [-0.39, 0.29) is 17.9 Å². The highest BCUT2D eigenvalue weighted by Crippen LogP contribution is 2.22. The van der Waals surface area contributed by atoms with Crippen LogP contribution >= 0.6 is 0 Å². The second-order valence-electron chi connectivity index (χ2n) is 8.24. The van der Waals surface area contributed by atoms with Crippen molar-refractivity contribution in [1.82, 2.24) is 16.2 Å². The van der Waals surface area contributed by atoms with Gasteiger partial charge in [0, 0.05) is 11.1 Å². The number of hydrogen-bond acceptors (Lipinski definition) is 4. The molecule has 0 aromatic heterocycles. The summed E-state index contributed by atoms with van der Waals surface area (Å²) in [7, 11) is 0. The summed E-state index contributed by atoms with van der Waals surface area (Å²) in [6.45, 7) is 8.74. The monoisotopic (exact) mass is 425 g/mol. The van der Waals surface area contributed by atoms with Gasteiger partial charge in [0.05, 0.1) is 13.2 Å². The van der Waals surface area contributed by atoms with E-state index >= 15 is 0 Å². The molecule has 0 aliphatic rings. The largest absolute Gasteiger partial charge is 0.494 e. The lowest BCUT2D eigenvalue weighted by Crippen LogP contribution is -2.46. The Morgan fingerprint density at radius 2 is 1.42 bits per heavy atom. The molecule has 7 nitrogen and oxygen atoms in total. The van der Waals surface area contributed by atoms with Gasteiger partial charge in [0.25, 0.3) is 17.7 Å². The fourth-order valence-corrected chi connectivity index (χ4v) is 2.66. The molecule has 7 heteroatoms. The first kappa shape index (κ1) is 23.9. The summed E-state index contributed by atoms with van der Waals surface area (Å²) in [4.78, 5) is 36.3. The number of unbranched alkanes of at least 4 members (excludes halogenated alkanes) is 1. The Bertz CT molecular complexity index is 885. The first-order valence-corrected chi connectivity index (χ1v) is 10.4. The molecule has 0 fully saturated rings. The van der Waals surface area contributed by atoms with Crippen LogP contribution in [0.2, 0.25) is 0 Å². The zero-order valence-corrected chi connectivity index (χ0v) is 18.6. The van der Waals surface area contributed by atoms with Gasteiger partial charge in [-0.25, -0.2) is 0 Å². The van der Waals surface area contributed by atoms with Gasteiger partial charge < -0.3 is 10.1 Å². The van der Waals surface area contributed by atoms with Crippen LogP contribution in [0.5, 0.6) is 5.75 Å². The molecule has 2 aromatic carbocycles. The number of amides is 3. The summed E-state index contributed by atoms with van der Waals surface area (Å²) in [5.74, 6) is -0.669. The van der Waals surface area contributed by atoms with Crippen LogP contribution in [0.4, 0.5) is 0 Å². The number of hydrogen-bond donors (Lipinski definition) is 3. The number of rotatable bonds is 8. The molecule has 0 saturated carbocycles. The van der Waals surface area contributed by atoms with Gasteiger partial charge in [-0.15, -0.1) is 0 Å². The maximum Gasteiger partial charge on any atom is 0.269 e. The molecule has 3 amide bonds. The zero-order valence-electron chi connectivity index (χ0n) is 18.6. The average molecular weight is 426 g/mol. The topological polar surface area (TPSA) is 96.5 Å². The van der Waals surface area contributed by atoms with Gasteiger partial charge in [0.15, 0.2) is 0 Å². The fraction of sp³-hybridized carbons (Fsp3) is 0.375. The molecule has 0 radical (unpaired) electrons. The van der Waals surface area contributed by atoms with Crippen molar-refractivity contribution in [2.45, 2.75) is 46.0 Å². The highest BCUT2D eigenvalue weighted by Gasteiger charge is 2.15. The van der Waals surface area contributed by atoms with E-state index in [2.05, 4.69) is 43.9 Å². The first-order chi connectivity index (χ1) is 14.7. The second-order valence-corrected chi connectivity index (χ2v) is 8.24. The van der Waals surface area contributed by atoms with Gasteiger partial charge >= 0.3 is 0 Å². The molecule has 3 N–H and O–H groups in total. The third kappa shape index (κ3) is 7.77. The number of carbonyl (C=O) groups is 3. The van der Waals surface area contributed by atoms with Crippen LogP contribution in [-0.2, 0) is 10.2 Å². The number of ether oxygens (including phenoxy) is 1. The van der Waals surface area contributed by atoms with E-state index in [9.17, 15) is 14.4 Å². The van der Waals surface area contributed by atoms with E-state index < -0.39 is 11.8 Å². The summed E-state index contributed by atoms with van der Waals surface area (Å²) in [5.41, 5.74) is 6.57. The van der Waals surface area contributed by atoms with Crippen molar-refractivity contribution in [1.29, 1.82) is 0 Å². The summed E-state index contributed by atoms with van der Waals surface area (Å²) in [6, 6.07) is 13.9. The van der Waals surface area contributed by atoms with Crippen LogP contribution in [-0.4, -0.2) is 30.9 Å². The second kappa shape index (κ2) is 11.2. The third-order valence-electron chi connectivity index (χ3n) is 4.62. The van der Waals surface area contributed by atoms with Crippen LogP contribution in [0.25, 0.3) is 0 Å². The summed E-state index contributed by atoms with van der Waals surface area (Å²) in [5, 5.41) is 2.53. The SMILES string of the molecule is CCCCOc1ccc(C(=O)NNC(=O)CNC(=O)c2ccc(C(C)(C)C)cc2)cc1. The first-order valence-electron chi connectivity index (χ1n) is 10.4. The van der Waals surface area contributed by atoms with Crippen molar-refractivity contribution in [3.63, 3.8) is 0 Å². The third-order valence-corrected chi connectivity index (χ3v) is 4.62. The molecule has 31 heavy (non-hydrogen) atoms. The quantitative estimate of drug-likeness (QED) is 0.446. The molecule has 0 unspecified atom stereocenters. The average Bonchev–Trinajstić information content (AvgIpc) is 2.76. The number of carbonyl (C=O) groups excluding carboxylic acids is 3. The Kier molecular flexibility index (Phi) is 8.61. The van der Waals surface area contributed by atoms with Gasteiger partial charge in [-0.3, -0.25) is 25.2 Å². The fourth-order valence-electron chi connectivity index (χ4n) is 2.66. The van der Waals surface area contributed by atoms with E-state index in [0.29, 0.717) is 23.5 Å². The predicted molar refractivity (Wildman–Crippen MR) is 120 cm³/mol. The van der Waals surface area contributed by atoms with Crippen molar-refractivity contribution >= 4 is 17.7 Å². The van der Waals surface area contributed by atoms with Crippen LogP contribution < -0.4 is 20.9 Å². The Balaban J connectivity index is 1.76. The lowest BCUT2D eigenvalue weighted by Gasteiger charge is -2.19. The number of nitrogens with one attached hydrogen (secondary N) is 3. The zero-order chi connectivity index (χ0) is 22.9. The van der Waals surface area contributed by atoms with E-state index in [1.807, 2.05) is 12.1 Å². The maximum absolute atomic E-state index is 12.2. The van der Waals surface area contributed by atoms with Crippen molar-refractivity contribution < 1.29 is 19.1 Å². The van der Waals surface area contributed by atoms with Crippen molar-refractivity contribution in [3.8, 4) is 5.75 Å². The van der Waals surface area contributed by atoms with Gasteiger partial charge in [-0.2, -0.15) is 0 Å². The molecule has 2 rings (SSSR count). The number of benzene rings is 2. The van der Waals surface area contributed by atoms with Crippen LogP contribution in [0.1, 0.15) is 66.8 Å². The Morgan fingerprint density at radius 3 is 2.00 bits per heavy atom. The van der Waals surface area contributed by atoms with Gasteiger partial charge in [0.1, 0.15) is 5.75 Å². The highest BCUT2D eigenvalue weighted by molar-refractivity contribution is 5.98. The summed E-state index contributed by atoms with van der Waals surface area (Å²) >= 11 is 0. The van der Waals surface area contributed by atoms with E-state index in [4.69, 9.17) is 4.74 Å². The molecule has 2 aromatic rings. The molecule has 0 atom stereocenters. The molecular formula is C24H31N3O4. The Morgan fingerprint density at radius 1 is 0.839 bits per heavy atom. The lowest BCUT2D eigenvalue weighted by atomic mass is 9.87. The van der Waals surface area contributed by atoms with Crippen molar-refractivity contribution in [3.05, 3.63) is 65.2 Å². The number of hydrazine groups is 1. The lowest BCUT2D eigenvalue weighted by molar-refractivity contribution is -0.120. The predicted octanol–water partition coefficient (Wildman–Crippen LogP) is 3.35. The van der Waals surface area contributed by atoms with Crippen LogP contribution in [0, 0.1) is 0 Å². The van der Waals surface area contributed by atoms with E-state index in [1.165, 1.54) is 0 Å². The smallest absolute Gasteiger partial charge is 0.269 e. The Labute approximate surface area is 183 Å². The minimum absolute atomic E-state index is 0.00447. The van der Waals surface area contributed by atoms with E-state index in [1.54, 1.807) is 36.4 Å². The summed E-state index contributed by atoms with van der Waals surface area (Å²) in [6.07, 6.45) is 2.01. The molecule has 0 heterocycles. The van der Waals surface area contributed by atoms with Gasteiger partial charge in [-0.05, 0) is 53.8 Å². The van der Waals surface area contributed by atoms with Crippen molar-refractivity contribution in [2.75, 3.05) is 13.2 Å². The molecular weight excluding hydrogens is 394 g/mol. The molecule has 0 aliphatic heterocycles. The van der Waals surface area contributed by atoms with Crippen molar-refractivity contribution in [2.24, 2.45) is 0 Å². The highest BCUT2D eigenvalue weighted by atomic mass is 16.5. The van der Waals surface area contributed by atoms with E-state index in [0.717, 1.165) is 18.4 Å². The molecule has 0 saturated heterocycles. The summed E-state index contributed by atoms with van der Waals surface area (Å²) < 4.78 is 5.55. The van der Waals surface area contributed by atoms with Crippen LogP contribution in [0.15, 0.2) is 48.5 Å². The molecule has 0 spiro atoms. The molecule has 0 aliphatic carbocycles. The minimum Gasteiger partial charge on any atom is -0.494 e.